The molecule has 1 N–H and O–H groups in total. The van der Waals surface area contributed by atoms with Gasteiger partial charge in [-0.1, -0.05) is 41.9 Å². The first-order chi connectivity index (χ1) is 8.95. The van der Waals surface area contributed by atoms with E-state index in [4.69, 9.17) is 0 Å². The molecule has 1 aromatic rings. The second-order valence-electron chi connectivity index (χ2n) is 5.23. The minimum atomic E-state index is 0.0298. The predicted molar refractivity (Wildman–Crippen MR) is 82.9 cm³/mol. The van der Waals surface area contributed by atoms with E-state index in [1.54, 1.807) is 0 Å². The summed E-state index contributed by atoms with van der Waals surface area (Å²) in [6, 6.07) is 8.07. The van der Waals surface area contributed by atoms with E-state index in [0.717, 1.165) is 16.6 Å². The van der Waals surface area contributed by atoms with Gasteiger partial charge in [-0.05, 0) is 30.7 Å². The maximum Gasteiger partial charge on any atom is 0.227 e. The molecular weight excluding hydrogens is 304 g/mol. The fourth-order valence-corrected chi connectivity index (χ4v) is 2.54. The van der Waals surface area contributed by atoms with Crippen molar-refractivity contribution in [2.75, 3.05) is 20.6 Å². The van der Waals surface area contributed by atoms with Crippen LogP contribution in [0.5, 0.6) is 0 Å². The van der Waals surface area contributed by atoms with Crippen molar-refractivity contribution in [3.63, 3.8) is 0 Å². The molecule has 0 heterocycles. The molecule has 3 nitrogen and oxygen atoms in total. The van der Waals surface area contributed by atoms with E-state index in [-0.39, 0.29) is 11.8 Å². The third-order valence-electron chi connectivity index (χ3n) is 3.23. The first kappa shape index (κ1) is 16.2. The Balaban J connectivity index is 2.70. The third kappa shape index (κ3) is 4.96. The van der Waals surface area contributed by atoms with E-state index in [1.165, 1.54) is 0 Å². The number of carbonyl (C=O) groups excluding carboxylic acids is 1. The zero-order valence-electron chi connectivity index (χ0n) is 12.1. The van der Waals surface area contributed by atoms with Gasteiger partial charge in [-0.3, -0.25) is 4.79 Å². The summed E-state index contributed by atoms with van der Waals surface area (Å²) in [5, 5.41) is 3.10. The molecule has 0 aromatic heterocycles. The van der Waals surface area contributed by atoms with Crippen molar-refractivity contribution in [1.29, 1.82) is 0 Å². The Hall–Kier alpha value is -0.870. The fraction of sp³-hybridized carbons (Fsp3) is 0.533. The van der Waals surface area contributed by atoms with Crippen molar-refractivity contribution in [2.24, 2.45) is 11.8 Å². The van der Waals surface area contributed by atoms with Crippen LogP contribution in [0.2, 0.25) is 0 Å². The molecule has 0 aliphatic rings. The predicted octanol–water partition coefficient (Wildman–Crippen LogP) is 2.90. The van der Waals surface area contributed by atoms with Crippen molar-refractivity contribution in [3.05, 3.63) is 34.3 Å². The monoisotopic (exact) mass is 326 g/mol. The van der Waals surface area contributed by atoms with Gasteiger partial charge in [0.1, 0.15) is 0 Å². The van der Waals surface area contributed by atoms with Crippen molar-refractivity contribution in [1.82, 2.24) is 10.2 Å². The highest BCUT2D eigenvalue weighted by molar-refractivity contribution is 9.10. The summed E-state index contributed by atoms with van der Waals surface area (Å²) in [5.41, 5.74) is 1.14. The second kappa shape index (κ2) is 7.65. The zero-order valence-corrected chi connectivity index (χ0v) is 13.7. The molecular formula is C15H23BrN2O. The molecule has 0 radical (unpaired) electrons. The number of hydrogen-bond acceptors (Lipinski definition) is 2. The third-order valence-corrected chi connectivity index (χ3v) is 3.72. The molecule has 1 unspecified atom stereocenters. The van der Waals surface area contributed by atoms with Gasteiger partial charge >= 0.3 is 0 Å². The molecule has 0 bridgehead atoms. The smallest absolute Gasteiger partial charge is 0.227 e. The Kier molecular flexibility index (Phi) is 6.52. The Labute approximate surface area is 124 Å². The van der Waals surface area contributed by atoms with Gasteiger partial charge in [0.15, 0.2) is 0 Å². The first-order valence-electron chi connectivity index (χ1n) is 6.59. The summed E-state index contributed by atoms with van der Waals surface area (Å²) in [5.74, 6) is 0.566. The molecule has 0 saturated carbocycles. The van der Waals surface area contributed by atoms with E-state index >= 15 is 0 Å². The SMILES string of the molecule is CNCC(C(=O)N(C)Cc1cccc(Br)c1)C(C)C. The second-order valence-corrected chi connectivity index (χ2v) is 6.15. The number of nitrogens with one attached hydrogen (secondary N) is 1. The van der Waals surface area contributed by atoms with Crippen LogP contribution in [0.1, 0.15) is 19.4 Å². The highest BCUT2D eigenvalue weighted by Gasteiger charge is 2.24. The van der Waals surface area contributed by atoms with Gasteiger partial charge in [-0.25, -0.2) is 0 Å². The van der Waals surface area contributed by atoms with E-state index in [1.807, 2.05) is 43.3 Å². The number of carbonyl (C=O) groups is 1. The molecule has 19 heavy (non-hydrogen) atoms. The number of nitrogens with zero attached hydrogens (tertiary/aromatic N) is 1. The zero-order chi connectivity index (χ0) is 14.4. The molecule has 106 valence electrons. The summed E-state index contributed by atoms with van der Waals surface area (Å²) < 4.78 is 1.04. The van der Waals surface area contributed by atoms with Crippen LogP contribution in [0.15, 0.2) is 28.7 Å². The lowest BCUT2D eigenvalue weighted by atomic mass is 9.94. The van der Waals surface area contributed by atoms with Crippen LogP contribution in [0.4, 0.5) is 0 Å². The van der Waals surface area contributed by atoms with Gasteiger partial charge in [0.2, 0.25) is 5.91 Å². The molecule has 0 fully saturated rings. The maximum absolute atomic E-state index is 12.4. The molecule has 0 spiro atoms. The Morgan fingerprint density at radius 1 is 1.42 bits per heavy atom. The lowest BCUT2D eigenvalue weighted by molar-refractivity contribution is -0.136. The normalized spacial score (nSPS) is 12.5. The topological polar surface area (TPSA) is 32.3 Å². The van der Waals surface area contributed by atoms with Crippen molar-refractivity contribution in [3.8, 4) is 0 Å². The van der Waals surface area contributed by atoms with Crippen LogP contribution in [-0.4, -0.2) is 31.4 Å². The van der Waals surface area contributed by atoms with Gasteiger partial charge < -0.3 is 10.2 Å². The highest BCUT2D eigenvalue weighted by Crippen LogP contribution is 2.16. The van der Waals surface area contributed by atoms with Crippen LogP contribution in [0, 0.1) is 11.8 Å². The molecule has 0 saturated heterocycles. The van der Waals surface area contributed by atoms with Crippen LogP contribution < -0.4 is 5.32 Å². The minimum absolute atomic E-state index is 0.0298. The van der Waals surface area contributed by atoms with Gasteiger partial charge in [0, 0.05) is 24.6 Å². The Bertz CT molecular complexity index is 420. The molecule has 0 aliphatic heterocycles. The van der Waals surface area contributed by atoms with Gasteiger partial charge in [0.25, 0.3) is 0 Å². The van der Waals surface area contributed by atoms with Crippen LogP contribution in [0.3, 0.4) is 0 Å². The average Bonchev–Trinajstić information content (AvgIpc) is 2.34. The van der Waals surface area contributed by atoms with Crippen LogP contribution in [0.25, 0.3) is 0 Å². The van der Waals surface area contributed by atoms with E-state index in [2.05, 4.69) is 35.1 Å². The summed E-state index contributed by atoms with van der Waals surface area (Å²) >= 11 is 3.45. The van der Waals surface area contributed by atoms with Crippen molar-refractivity contribution < 1.29 is 4.79 Å². The number of hydrogen-bond donors (Lipinski definition) is 1. The van der Waals surface area contributed by atoms with Crippen molar-refractivity contribution in [2.45, 2.75) is 20.4 Å². The molecule has 1 rings (SSSR count). The summed E-state index contributed by atoms with van der Waals surface area (Å²) in [6.07, 6.45) is 0. The molecule has 1 aromatic carbocycles. The van der Waals surface area contributed by atoms with E-state index < -0.39 is 0 Å². The van der Waals surface area contributed by atoms with Crippen LogP contribution in [-0.2, 0) is 11.3 Å². The number of halogens is 1. The number of amides is 1. The molecule has 1 atom stereocenters. The number of benzene rings is 1. The maximum atomic E-state index is 12.4. The van der Waals surface area contributed by atoms with Gasteiger partial charge in [0.05, 0.1) is 5.92 Å². The van der Waals surface area contributed by atoms with Gasteiger partial charge in [-0.15, -0.1) is 0 Å². The highest BCUT2D eigenvalue weighted by atomic mass is 79.9. The molecule has 0 aliphatic carbocycles. The largest absolute Gasteiger partial charge is 0.341 e. The molecule has 1 amide bonds. The van der Waals surface area contributed by atoms with Crippen LogP contribution >= 0.6 is 15.9 Å². The Morgan fingerprint density at radius 3 is 2.63 bits per heavy atom. The summed E-state index contributed by atoms with van der Waals surface area (Å²) in [6.45, 7) is 5.55. The Morgan fingerprint density at radius 2 is 2.11 bits per heavy atom. The summed E-state index contributed by atoms with van der Waals surface area (Å²) in [4.78, 5) is 14.2. The molecule has 4 heteroatoms. The van der Waals surface area contributed by atoms with E-state index in [9.17, 15) is 4.79 Å². The van der Waals surface area contributed by atoms with E-state index in [0.29, 0.717) is 12.5 Å². The van der Waals surface area contributed by atoms with Gasteiger partial charge in [-0.2, -0.15) is 0 Å². The lowest BCUT2D eigenvalue weighted by Gasteiger charge is -2.26. The number of rotatable bonds is 6. The minimum Gasteiger partial charge on any atom is -0.341 e. The first-order valence-corrected chi connectivity index (χ1v) is 7.39. The summed E-state index contributed by atoms with van der Waals surface area (Å²) in [7, 11) is 3.76. The fourth-order valence-electron chi connectivity index (χ4n) is 2.10. The standard InChI is InChI=1S/C15H23BrN2O/c1-11(2)14(9-17-3)15(19)18(4)10-12-6-5-7-13(16)8-12/h5-8,11,14,17H,9-10H2,1-4H3. The quantitative estimate of drug-likeness (QED) is 0.871. The lowest BCUT2D eigenvalue weighted by Crippen LogP contribution is -2.39. The van der Waals surface area contributed by atoms with Crippen molar-refractivity contribution >= 4 is 21.8 Å². The average molecular weight is 327 g/mol.